The Bertz CT molecular complexity index is 923. The Hall–Kier alpha value is -3.22. The summed E-state index contributed by atoms with van der Waals surface area (Å²) >= 11 is 0. The van der Waals surface area contributed by atoms with Gasteiger partial charge >= 0.3 is 6.09 Å². The molecular weight excluding hydrogens is 394 g/mol. The van der Waals surface area contributed by atoms with E-state index in [-0.39, 0.29) is 24.2 Å². The Kier molecular flexibility index (Phi) is 6.30. The Morgan fingerprint density at radius 3 is 2.42 bits per heavy atom. The molecule has 7 heteroatoms. The van der Waals surface area contributed by atoms with E-state index >= 15 is 0 Å². The first-order chi connectivity index (χ1) is 15.1. The first-order valence-electron chi connectivity index (χ1n) is 10.9. The molecule has 0 spiro atoms. The van der Waals surface area contributed by atoms with E-state index in [1.165, 1.54) is 0 Å². The molecular formula is C24H29N3O4. The van der Waals surface area contributed by atoms with Crippen molar-refractivity contribution < 1.29 is 19.1 Å². The molecule has 2 aromatic rings. The molecule has 1 N–H and O–H groups in total. The predicted molar refractivity (Wildman–Crippen MR) is 118 cm³/mol. The third-order valence-corrected chi connectivity index (χ3v) is 5.85. The van der Waals surface area contributed by atoms with Gasteiger partial charge in [0.2, 0.25) is 0 Å². The smallest absolute Gasteiger partial charge is 0.409 e. The van der Waals surface area contributed by atoms with Gasteiger partial charge < -0.3 is 24.6 Å². The van der Waals surface area contributed by atoms with Gasteiger partial charge in [-0.15, -0.1) is 0 Å². The summed E-state index contributed by atoms with van der Waals surface area (Å²) in [7, 11) is 0. The van der Waals surface area contributed by atoms with Gasteiger partial charge in [0, 0.05) is 35.9 Å². The highest BCUT2D eigenvalue weighted by molar-refractivity contribution is 5.99. The average Bonchev–Trinajstić information content (AvgIpc) is 3.07. The summed E-state index contributed by atoms with van der Waals surface area (Å²) in [6, 6.07) is 15.6. The van der Waals surface area contributed by atoms with Crippen LogP contribution in [0.15, 0.2) is 48.5 Å². The van der Waals surface area contributed by atoms with Crippen LogP contribution in [-0.2, 0) is 4.74 Å². The van der Waals surface area contributed by atoms with E-state index in [9.17, 15) is 9.59 Å². The maximum absolute atomic E-state index is 13.3. The molecule has 2 heterocycles. The molecule has 0 bridgehead atoms. The number of anilines is 1. The van der Waals surface area contributed by atoms with Crippen molar-refractivity contribution >= 4 is 17.7 Å². The van der Waals surface area contributed by atoms with Gasteiger partial charge in [-0.2, -0.15) is 0 Å². The lowest BCUT2D eigenvalue weighted by Gasteiger charge is -2.39. The summed E-state index contributed by atoms with van der Waals surface area (Å²) in [4.78, 5) is 29.0. The number of hydrogen-bond acceptors (Lipinski definition) is 5. The Morgan fingerprint density at radius 2 is 1.74 bits per heavy atom. The lowest BCUT2D eigenvalue weighted by molar-refractivity contribution is 0.0496. The normalized spacial score (nSPS) is 18.6. The molecule has 2 amide bonds. The van der Waals surface area contributed by atoms with Gasteiger partial charge in [0.15, 0.2) is 0 Å². The molecule has 1 saturated heterocycles. The number of likely N-dealkylation sites (tertiary alicyclic amines) is 1. The summed E-state index contributed by atoms with van der Waals surface area (Å²) in [5.74, 6) is 0.854. The van der Waals surface area contributed by atoms with Crippen molar-refractivity contribution in [2.24, 2.45) is 0 Å². The van der Waals surface area contributed by atoms with E-state index in [0.717, 1.165) is 35.4 Å². The number of hydrogen-bond donors (Lipinski definition) is 1. The largest absolute Gasteiger partial charge is 0.494 e. The topological polar surface area (TPSA) is 71.1 Å². The van der Waals surface area contributed by atoms with Gasteiger partial charge in [-0.05, 0) is 57.0 Å². The maximum Gasteiger partial charge on any atom is 0.409 e. The average molecular weight is 424 g/mol. The molecule has 0 aliphatic carbocycles. The summed E-state index contributed by atoms with van der Waals surface area (Å²) in [6.45, 7) is 5.92. The third-order valence-electron chi connectivity index (χ3n) is 5.85. The molecule has 164 valence electrons. The standard InChI is InChI=1S/C24H29N3O4/c1-3-30-19-11-9-17(10-12-19)25-22-20-7-5-6-8-21(20)23(28)27(22)18-13-15-26(16-14-18)24(29)31-4-2/h5-12,18,22,25H,3-4,13-16H2,1-2H3/t22-/m0/s1. The zero-order valence-corrected chi connectivity index (χ0v) is 18.0. The second kappa shape index (κ2) is 9.29. The van der Waals surface area contributed by atoms with Crippen LogP contribution in [0.2, 0.25) is 0 Å². The van der Waals surface area contributed by atoms with Crippen molar-refractivity contribution in [3.05, 3.63) is 59.7 Å². The number of carbonyl (C=O) groups is 2. The molecule has 7 nitrogen and oxygen atoms in total. The number of ether oxygens (including phenoxy) is 2. The Balaban J connectivity index is 1.53. The quantitative estimate of drug-likeness (QED) is 0.751. The van der Waals surface area contributed by atoms with Crippen molar-refractivity contribution in [1.29, 1.82) is 0 Å². The summed E-state index contributed by atoms with van der Waals surface area (Å²) in [6.07, 6.45) is 0.918. The molecule has 31 heavy (non-hydrogen) atoms. The summed E-state index contributed by atoms with van der Waals surface area (Å²) in [5.41, 5.74) is 2.64. The molecule has 2 aliphatic rings. The fourth-order valence-corrected chi connectivity index (χ4v) is 4.37. The molecule has 0 unspecified atom stereocenters. The number of fused-ring (bicyclic) bond motifs is 1. The highest BCUT2D eigenvalue weighted by Crippen LogP contribution is 2.38. The number of amides is 2. The number of rotatable bonds is 6. The van der Waals surface area contributed by atoms with E-state index in [1.807, 2.05) is 67.3 Å². The van der Waals surface area contributed by atoms with E-state index in [4.69, 9.17) is 9.47 Å². The second-order valence-electron chi connectivity index (χ2n) is 7.72. The Morgan fingerprint density at radius 1 is 1.03 bits per heavy atom. The SMILES string of the molecule is CCOC(=O)N1CCC(N2C(=O)c3ccccc3[C@H]2Nc2ccc(OCC)cc2)CC1. The molecule has 1 atom stereocenters. The lowest BCUT2D eigenvalue weighted by Crippen LogP contribution is -2.49. The zero-order chi connectivity index (χ0) is 21.8. The van der Waals surface area contributed by atoms with Crippen molar-refractivity contribution in [2.75, 3.05) is 31.6 Å². The zero-order valence-electron chi connectivity index (χ0n) is 18.0. The molecule has 4 rings (SSSR count). The maximum atomic E-state index is 13.3. The van der Waals surface area contributed by atoms with Gasteiger partial charge in [0.05, 0.1) is 13.2 Å². The van der Waals surface area contributed by atoms with E-state index in [1.54, 1.807) is 4.90 Å². The Labute approximate surface area is 182 Å². The van der Waals surface area contributed by atoms with Crippen LogP contribution in [0, 0.1) is 0 Å². The third kappa shape index (κ3) is 4.31. The van der Waals surface area contributed by atoms with Crippen LogP contribution < -0.4 is 10.1 Å². The number of nitrogens with one attached hydrogen (secondary N) is 1. The highest BCUT2D eigenvalue weighted by Gasteiger charge is 2.42. The lowest BCUT2D eigenvalue weighted by atomic mass is 10.0. The van der Waals surface area contributed by atoms with Crippen LogP contribution in [0.25, 0.3) is 0 Å². The fourth-order valence-electron chi connectivity index (χ4n) is 4.37. The van der Waals surface area contributed by atoms with Crippen LogP contribution in [-0.4, -0.2) is 54.1 Å². The summed E-state index contributed by atoms with van der Waals surface area (Å²) < 4.78 is 10.7. The molecule has 0 saturated carbocycles. The van der Waals surface area contributed by atoms with Crippen molar-refractivity contribution in [3.63, 3.8) is 0 Å². The molecule has 1 fully saturated rings. The molecule has 0 radical (unpaired) electrons. The molecule has 2 aromatic carbocycles. The number of carbonyl (C=O) groups excluding carboxylic acids is 2. The van der Waals surface area contributed by atoms with Gasteiger partial charge in [-0.3, -0.25) is 4.79 Å². The van der Waals surface area contributed by atoms with E-state index < -0.39 is 0 Å². The first-order valence-corrected chi connectivity index (χ1v) is 10.9. The van der Waals surface area contributed by atoms with Crippen LogP contribution in [0.1, 0.15) is 48.8 Å². The summed E-state index contributed by atoms with van der Waals surface area (Å²) in [5, 5.41) is 3.54. The van der Waals surface area contributed by atoms with Crippen molar-refractivity contribution in [2.45, 2.75) is 38.9 Å². The van der Waals surface area contributed by atoms with Crippen LogP contribution in [0.3, 0.4) is 0 Å². The number of benzene rings is 2. The minimum atomic E-state index is -0.277. The van der Waals surface area contributed by atoms with Gasteiger partial charge in [-0.25, -0.2) is 4.79 Å². The number of nitrogens with zero attached hydrogens (tertiary/aromatic N) is 2. The highest BCUT2D eigenvalue weighted by atomic mass is 16.6. The molecule has 0 aromatic heterocycles. The second-order valence-corrected chi connectivity index (χ2v) is 7.72. The monoisotopic (exact) mass is 423 g/mol. The van der Waals surface area contributed by atoms with Crippen molar-refractivity contribution in [3.8, 4) is 5.75 Å². The van der Waals surface area contributed by atoms with Gasteiger partial charge in [0.25, 0.3) is 5.91 Å². The fraction of sp³-hybridized carbons (Fsp3) is 0.417. The minimum Gasteiger partial charge on any atom is -0.494 e. The predicted octanol–water partition coefficient (Wildman–Crippen LogP) is 4.27. The van der Waals surface area contributed by atoms with Gasteiger partial charge in [0.1, 0.15) is 11.9 Å². The van der Waals surface area contributed by atoms with Crippen LogP contribution in [0.4, 0.5) is 10.5 Å². The van der Waals surface area contributed by atoms with E-state index in [2.05, 4.69) is 5.32 Å². The van der Waals surface area contributed by atoms with Crippen molar-refractivity contribution in [1.82, 2.24) is 9.80 Å². The van der Waals surface area contributed by atoms with Crippen LogP contribution in [0.5, 0.6) is 5.75 Å². The number of piperidine rings is 1. The first kappa shape index (κ1) is 21.0. The van der Waals surface area contributed by atoms with Crippen LogP contribution >= 0.6 is 0 Å². The molecule has 2 aliphatic heterocycles. The van der Waals surface area contributed by atoms with E-state index in [0.29, 0.717) is 26.3 Å². The van der Waals surface area contributed by atoms with Gasteiger partial charge in [-0.1, -0.05) is 18.2 Å². The minimum absolute atomic E-state index is 0.0358.